The van der Waals surface area contributed by atoms with Crippen LogP contribution in [0, 0.1) is 0 Å². The van der Waals surface area contributed by atoms with Crippen LogP contribution in [-0.2, 0) is 27.7 Å². The summed E-state index contributed by atoms with van der Waals surface area (Å²) in [6.07, 6.45) is 2.39. The normalized spacial score (nSPS) is 13.3. The molecule has 0 radical (unpaired) electrons. The predicted molar refractivity (Wildman–Crippen MR) is 131 cm³/mol. The first-order valence-corrected chi connectivity index (χ1v) is 12.6. The molecule has 0 aliphatic carbocycles. The Hall–Kier alpha value is -3.03. The van der Waals surface area contributed by atoms with Crippen LogP contribution in [0.4, 0.5) is 11.4 Å². The Morgan fingerprint density at radius 1 is 1.09 bits per heavy atom. The van der Waals surface area contributed by atoms with Gasteiger partial charge in [0.05, 0.1) is 15.6 Å². The van der Waals surface area contributed by atoms with E-state index < -0.39 is 10.0 Å². The second-order valence-corrected chi connectivity index (χ2v) is 10.0. The third-order valence-electron chi connectivity index (χ3n) is 5.59. The fourth-order valence-electron chi connectivity index (χ4n) is 3.92. The van der Waals surface area contributed by atoms with Gasteiger partial charge in [0, 0.05) is 12.2 Å². The summed E-state index contributed by atoms with van der Waals surface area (Å²) < 4.78 is 33.6. The first kappa shape index (κ1) is 23.1. The van der Waals surface area contributed by atoms with E-state index in [9.17, 15) is 13.2 Å². The van der Waals surface area contributed by atoms with Crippen LogP contribution in [0.1, 0.15) is 24.5 Å². The third-order valence-corrected chi connectivity index (χ3v) is 7.69. The molecule has 0 saturated carbocycles. The second kappa shape index (κ2) is 9.85. The number of benzene rings is 3. The summed E-state index contributed by atoms with van der Waals surface area (Å²) in [6, 6.07) is 19.4. The van der Waals surface area contributed by atoms with Crippen molar-refractivity contribution in [2.24, 2.45) is 0 Å². The van der Waals surface area contributed by atoms with Crippen molar-refractivity contribution in [3.63, 3.8) is 0 Å². The molecule has 0 bridgehead atoms. The highest BCUT2D eigenvalue weighted by atomic mass is 35.5. The zero-order valence-electron chi connectivity index (χ0n) is 18.3. The van der Waals surface area contributed by atoms with E-state index in [0.717, 1.165) is 36.1 Å². The predicted octanol–water partition coefficient (Wildman–Crippen LogP) is 5.06. The van der Waals surface area contributed by atoms with Crippen LogP contribution < -0.4 is 14.4 Å². The molecule has 0 unspecified atom stereocenters. The Balaban J connectivity index is 1.47. The average molecular weight is 485 g/mol. The maximum Gasteiger partial charge on any atom is 0.264 e. The highest BCUT2D eigenvalue weighted by Gasteiger charge is 2.29. The zero-order valence-corrected chi connectivity index (χ0v) is 19.8. The van der Waals surface area contributed by atoms with Crippen LogP contribution >= 0.6 is 11.6 Å². The number of fused-ring (bicyclic) bond motifs is 1. The van der Waals surface area contributed by atoms with Crippen molar-refractivity contribution in [2.45, 2.75) is 31.1 Å². The number of ether oxygens (including phenoxy) is 1. The molecule has 172 valence electrons. The number of carbonyl (C=O) groups is 1. The van der Waals surface area contributed by atoms with Crippen molar-refractivity contribution in [1.82, 2.24) is 0 Å². The first-order valence-electron chi connectivity index (χ1n) is 10.8. The molecule has 4 rings (SSSR count). The lowest BCUT2D eigenvalue weighted by atomic mass is 10.0. The monoisotopic (exact) mass is 484 g/mol. The molecule has 0 saturated heterocycles. The van der Waals surface area contributed by atoms with Gasteiger partial charge in [-0.2, -0.15) is 0 Å². The number of anilines is 2. The summed E-state index contributed by atoms with van der Waals surface area (Å²) in [7, 11) is -3.78. The molecule has 0 spiro atoms. The number of aryl methyl sites for hydroxylation is 2. The number of sulfonamides is 1. The number of nitrogens with one attached hydrogen (secondary N) is 1. The van der Waals surface area contributed by atoms with E-state index in [1.54, 1.807) is 0 Å². The minimum atomic E-state index is -3.78. The molecule has 0 fully saturated rings. The Bertz CT molecular complexity index is 1280. The van der Waals surface area contributed by atoms with Crippen molar-refractivity contribution >= 4 is 38.9 Å². The van der Waals surface area contributed by atoms with E-state index in [0.29, 0.717) is 12.2 Å². The molecular formula is C25H25ClN2O4S. The van der Waals surface area contributed by atoms with Gasteiger partial charge >= 0.3 is 0 Å². The molecule has 33 heavy (non-hydrogen) atoms. The third kappa shape index (κ3) is 4.99. The number of hydrogen-bond donors (Lipinski definition) is 1. The highest BCUT2D eigenvalue weighted by Crippen LogP contribution is 2.34. The van der Waals surface area contributed by atoms with E-state index in [2.05, 4.69) is 5.32 Å². The van der Waals surface area contributed by atoms with Crippen molar-refractivity contribution in [1.29, 1.82) is 0 Å². The fourth-order valence-corrected chi connectivity index (χ4v) is 5.78. The molecule has 8 heteroatoms. The maximum absolute atomic E-state index is 13.3. The second-order valence-electron chi connectivity index (χ2n) is 7.75. The van der Waals surface area contributed by atoms with Crippen LogP contribution in [0.2, 0.25) is 5.02 Å². The molecule has 1 aliphatic rings. The summed E-state index contributed by atoms with van der Waals surface area (Å²) in [4.78, 5) is 12.4. The largest absolute Gasteiger partial charge is 0.482 e. The Morgan fingerprint density at radius 2 is 1.85 bits per heavy atom. The van der Waals surface area contributed by atoms with Gasteiger partial charge in [-0.15, -0.1) is 0 Å². The average Bonchev–Trinajstić information content (AvgIpc) is 2.83. The molecule has 0 atom stereocenters. The lowest BCUT2D eigenvalue weighted by Gasteiger charge is -2.30. The number of carbonyl (C=O) groups excluding carboxylic acids is 1. The van der Waals surface area contributed by atoms with Gasteiger partial charge in [0.2, 0.25) is 0 Å². The van der Waals surface area contributed by atoms with E-state index in [1.165, 1.54) is 22.5 Å². The minimum absolute atomic E-state index is 0.0814. The summed E-state index contributed by atoms with van der Waals surface area (Å²) in [5.74, 6) is -0.0813. The van der Waals surface area contributed by atoms with Crippen LogP contribution in [-0.4, -0.2) is 27.5 Å². The van der Waals surface area contributed by atoms with Crippen molar-refractivity contribution in [3.05, 3.63) is 82.9 Å². The quantitative estimate of drug-likeness (QED) is 0.508. The first-order chi connectivity index (χ1) is 15.9. The van der Waals surface area contributed by atoms with Gasteiger partial charge in [0.15, 0.2) is 6.61 Å². The van der Waals surface area contributed by atoms with Gasteiger partial charge in [-0.3, -0.25) is 9.10 Å². The number of rotatable bonds is 7. The van der Waals surface area contributed by atoms with Gasteiger partial charge in [-0.25, -0.2) is 8.42 Å². The van der Waals surface area contributed by atoms with Gasteiger partial charge in [-0.1, -0.05) is 54.9 Å². The van der Waals surface area contributed by atoms with Gasteiger partial charge < -0.3 is 10.1 Å². The smallest absolute Gasteiger partial charge is 0.264 e. The van der Waals surface area contributed by atoms with E-state index in [-0.39, 0.29) is 28.2 Å². The molecule has 1 aliphatic heterocycles. The summed E-state index contributed by atoms with van der Waals surface area (Å²) in [5.41, 5.74) is 3.47. The molecule has 3 aromatic rings. The zero-order chi connectivity index (χ0) is 23.4. The number of halogens is 1. The topological polar surface area (TPSA) is 75.7 Å². The molecule has 1 N–H and O–H groups in total. The highest BCUT2D eigenvalue weighted by molar-refractivity contribution is 7.92. The fraction of sp³-hybridized carbons (Fsp3) is 0.240. The lowest BCUT2D eigenvalue weighted by Crippen LogP contribution is -2.35. The summed E-state index contributed by atoms with van der Waals surface area (Å²) >= 11 is 6.33. The van der Waals surface area contributed by atoms with Crippen molar-refractivity contribution < 1.29 is 17.9 Å². The number of nitrogens with zero attached hydrogens (tertiary/aromatic N) is 1. The SMILES string of the molecule is CCc1ccccc1NC(=O)COc1ccc(S(=O)(=O)N2CCCc3ccccc32)cc1Cl. The Morgan fingerprint density at radius 3 is 2.64 bits per heavy atom. The van der Waals surface area contributed by atoms with Crippen LogP contribution in [0.25, 0.3) is 0 Å². The van der Waals surface area contributed by atoms with E-state index >= 15 is 0 Å². The Labute approximate surface area is 199 Å². The minimum Gasteiger partial charge on any atom is -0.482 e. The van der Waals surface area contributed by atoms with Crippen LogP contribution in [0.15, 0.2) is 71.6 Å². The van der Waals surface area contributed by atoms with Gasteiger partial charge in [0.25, 0.3) is 15.9 Å². The maximum atomic E-state index is 13.3. The van der Waals surface area contributed by atoms with Crippen LogP contribution in [0.3, 0.4) is 0 Å². The van der Waals surface area contributed by atoms with Gasteiger partial charge in [0.1, 0.15) is 5.75 Å². The molecular weight excluding hydrogens is 460 g/mol. The van der Waals surface area contributed by atoms with Crippen LogP contribution in [0.5, 0.6) is 5.75 Å². The standard InChI is InChI=1S/C25H25ClN2O4S/c1-2-18-8-3-5-11-22(18)27-25(29)17-32-24-14-13-20(16-21(24)26)33(30,31)28-15-7-10-19-9-4-6-12-23(19)28/h3-6,8-9,11-14,16H,2,7,10,15,17H2,1H3,(H,27,29). The number of amides is 1. The number of para-hydroxylation sites is 2. The van der Waals surface area contributed by atoms with E-state index in [4.69, 9.17) is 16.3 Å². The molecule has 1 heterocycles. The van der Waals surface area contributed by atoms with Crippen molar-refractivity contribution in [3.8, 4) is 5.75 Å². The number of hydrogen-bond acceptors (Lipinski definition) is 4. The Kier molecular flexibility index (Phi) is 6.91. The molecule has 1 amide bonds. The molecule has 3 aromatic carbocycles. The van der Waals surface area contributed by atoms with E-state index in [1.807, 2.05) is 55.5 Å². The van der Waals surface area contributed by atoms with Crippen molar-refractivity contribution in [2.75, 3.05) is 22.8 Å². The molecule has 6 nitrogen and oxygen atoms in total. The summed E-state index contributed by atoms with van der Waals surface area (Å²) in [6.45, 7) is 2.18. The lowest BCUT2D eigenvalue weighted by molar-refractivity contribution is -0.118. The van der Waals surface area contributed by atoms with Gasteiger partial charge in [-0.05, 0) is 60.7 Å². The molecule has 0 aromatic heterocycles. The summed E-state index contributed by atoms with van der Waals surface area (Å²) in [5, 5.41) is 2.96.